The fourth-order valence-electron chi connectivity index (χ4n) is 4.89. The van der Waals surface area contributed by atoms with Crippen LogP contribution in [-0.2, 0) is 16.8 Å². The number of nitrogens with one attached hydrogen (secondary N) is 1. The zero-order chi connectivity index (χ0) is 17.2. The average molecular weight is 348 g/mol. The van der Waals surface area contributed by atoms with E-state index < -0.39 is 11.4 Å². The van der Waals surface area contributed by atoms with E-state index in [4.69, 9.17) is 4.74 Å². The van der Waals surface area contributed by atoms with Crippen LogP contribution < -0.4 is 9.46 Å². The lowest BCUT2D eigenvalue weighted by Crippen LogP contribution is -2.72. The quantitative estimate of drug-likeness (QED) is 0.793. The van der Waals surface area contributed by atoms with Gasteiger partial charge in [-0.1, -0.05) is 12.1 Å². The maximum Gasteiger partial charge on any atom is 0.136 e. The Balaban J connectivity index is 1.45. The third kappa shape index (κ3) is 2.58. The van der Waals surface area contributed by atoms with E-state index >= 15 is 0 Å². The molecule has 4 saturated carbocycles. The van der Waals surface area contributed by atoms with Gasteiger partial charge in [-0.05, 0) is 87.3 Å². The van der Waals surface area contributed by atoms with Crippen LogP contribution in [0, 0.1) is 11.3 Å². The summed E-state index contributed by atoms with van der Waals surface area (Å²) in [6.07, 6.45) is 6.36. The van der Waals surface area contributed by atoms with Crippen molar-refractivity contribution in [2.24, 2.45) is 11.3 Å². The Bertz CT molecular complexity index is 598. The molecule has 2 unspecified atom stereocenters. The lowest BCUT2D eigenvalue weighted by Gasteiger charge is -2.73. The first-order valence-electron chi connectivity index (χ1n) is 9.11. The summed E-state index contributed by atoms with van der Waals surface area (Å²) in [7, 11) is 1.71. The van der Waals surface area contributed by atoms with Gasteiger partial charge in [0.25, 0.3) is 0 Å². The second kappa shape index (κ2) is 5.39. The van der Waals surface area contributed by atoms with Crippen molar-refractivity contribution in [1.82, 2.24) is 4.72 Å². The van der Waals surface area contributed by atoms with Crippen LogP contribution in [0.4, 0.5) is 0 Å². The average Bonchev–Trinajstić information content (AvgIpc) is 3.27. The second-order valence-electron chi connectivity index (χ2n) is 9.22. The van der Waals surface area contributed by atoms with Crippen molar-refractivity contribution in [3.05, 3.63) is 29.8 Å². The van der Waals surface area contributed by atoms with E-state index in [9.17, 15) is 4.55 Å². The van der Waals surface area contributed by atoms with Gasteiger partial charge in [-0.2, -0.15) is 0 Å². The molecule has 24 heavy (non-hydrogen) atoms. The molecule has 0 amide bonds. The molecule has 2 atom stereocenters. The fraction of sp³-hybridized carbons (Fsp3) is 0.700. The lowest BCUT2D eigenvalue weighted by atomic mass is 9.31. The minimum absolute atomic E-state index is 0.190. The zero-order valence-corrected chi connectivity index (χ0v) is 16.0. The maximum atomic E-state index is 12.6. The Labute approximate surface area is 148 Å². The first-order valence-corrected chi connectivity index (χ1v) is 10.3. The van der Waals surface area contributed by atoms with Gasteiger partial charge in [0.1, 0.15) is 10.5 Å². The second-order valence-corrected chi connectivity index (χ2v) is 11.2. The lowest BCUT2D eigenvalue weighted by molar-refractivity contribution is -0.164. The molecule has 4 aliphatic rings. The largest absolute Gasteiger partial charge is 0.598 e. The molecule has 0 aromatic heterocycles. The van der Waals surface area contributed by atoms with Crippen LogP contribution in [0.15, 0.2) is 24.3 Å². The highest BCUT2D eigenvalue weighted by Gasteiger charge is 2.73. The Hall–Kier alpha value is -0.710. The van der Waals surface area contributed by atoms with Gasteiger partial charge in [-0.25, -0.2) is 0 Å². The van der Waals surface area contributed by atoms with Crippen molar-refractivity contribution < 1.29 is 9.29 Å². The molecular formula is C20H29NO2S. The number of methoxy groups -OCH3 is 1. The van der Waals surface area contributed by atoms with E-state index in [-0.39, 0.29) is 4.75 Å². The first-order chi connectivity index (χ1) is 11.3. The van der Waals surface area contributed by atoms with Crippen LogP contribution in [0.25, 0.3) is 0 Å². The normalized spacial score (nSPS) is 34.0. The number of benzene rings is 1. The highest BCUT2D eigenvalue weighted by atomic mass is 32.2. The summed E-state index contributed by atoms with van der Waals surface area (Å²) >= 11 is -0.966. The Kier molecular flexibility index (Phi) is 3.76. The van der Waals surface area contributed by atoms with E-state index in [1.54, 1.807) is 7.11 Å². The van der Waals surface area contributed by atoms with Crippen LogP contribution in [0.3, 0.4) is 0 Å². The summed E-state index contributed by atoms with van der Waals surface area (Å²) in [6.45, 7) is 6.17. The van der Waals surface area contributed by atoms with Crippen LogP contribution in [0.1, 0.15) is 58.4 Å². The van der Waals surface area contributed by atoms with Gasteiger partial charge in [0.2, 0.25) is 0 Å². The van der Waals surface area contributed by atoms with Crippen molar-refractivity contribution in [1.29, 1.82) is 0 Å². The Morgan fingerprint density at radius 1 is 1.17 bits per heavy atom. The van der Waals surface area contributed by atoms with Crippen LogP contribution in [0.2, 0.25) is 0 Å². The van der Waals surface area contributed by atoms with Crippen LogP contribution in [-0.4, -0.2) is 22.5 Å². The molecule has 0 saturated heterocycles. The summed E-state index contributed by atoms with van der Waals surface area (Å²) in [5.74, 6) is 1.67. The minimum atomic E-state index is -0.966. The molecule has 0 aliphatic heterocycles. The molecule has 5 rings (SSSR count). The smallest absolute Gasteiger partial charge is 0.136 e. The molecule has 0 spiro atoms. The monoisotopic (exact) mass is 347 g/mol. The topological polar surface area (TPSA) is 44.3 Å². The minimum Gasteiger partial charge on any atom is -0.598 e. The van der Waals surface area contributed by atoms with Crippen molar-refractivity contribution in [3.63, 3.8) is 0 Å². The standard InChI is InChI=1S/C20H29NO2S/c1-18(2,3)24(22)21-17(14-5-6-14)20-11-19(12-20,13-20)15-7-9-16(23-4)10-8-15/h7-10,14,17,21H,5-6,11-13H2,1-4H3. The molecule has 4 aliphatic carbocycles. The molecule has 132 valence electrons. The van der Waals surface area contributed by atoms with Crippen molar-refractivity contribution in [3.8, 4) is 5.75 Å². The predicted molar refractivity (Wildman–Crippen MR) is 98.5 cm³/mol. The maximum absolute atomic E-state index is 12.6. The molecule has 0 radical (unpaired) electrons. The van der Waals surface area contributed by atoms with Gasteiger partial charge in [0.05, 0.1) is 13.2 Å². The molecule has 4 fully saturated rings. The van der Waals surface area contributed by atoms with Gasteiger partial charge >= 0.3 is 0 Å². The number of ether oxygens (including phenoxy) is 1. The number of rotatable bonds is 6. The zero-order valence-electron chi connectivity index (χ0n) is 15.2. The number of hydrogen-bond acceptors (Lipinski definition) is 3. The van der Waals surface area contributed by atoms with Crippen molar-refractivity contribution in [2.45, 2.75) is 69.1 Å². The van der Waals surface area contributed by atoms with Crippen molar-refractivity contribution >= 4 is 11.4 Å². The van der Waals surface area contributed by atoms with Crippen LogP contribution in [0.5, 0.6) is 5.75 Å². The highest BCUT2D eigenvalue weighted by molar-refractivity contribution is 7.90. The van der Waals surface area contributed by atoms with Gasteiger partial charge in [-0.3, -0.25) is 0 Å². The molecule has 0 heterocycles. The van der Waals surface area contributed by atoms with E-state index in [0.29, 0.717) is 16.9 Å². The molecule has 1 aromatic carbocycles. The van der Waals surface area contributed by atoms with Crippen molar-refractivity contribution in [2.75, 3.05) is 7.11 Å². The Morgan fingerprint density at radius 2 is 1.75 bits per heavy atom. The van der Waals surface area contributed by atoms with Gasteiger partial charge in [0, 0.05) is 11.4 Å². The van der Waals surface area contributed by atoms with Gasteiger partial charge in [0.15, 0.2) is 0 Å². The third-order valence-corrected chi connectivity index (χ3v) is 7.90. The Morgan fingerprint density at radius 3 is 2.21 bits per heavy atom. The molecule has 4 heteroatoms. The summed E-state index contributed by atoms with van der Waals surface area (Å²) < 4.78 is 21.2. The summed E-state index contributed by atoms with van der Waals surface area (Å²) in [6, 6.07) is 9.06. The number of hydrogen-bond donors (Lipinski definition) is 1. The SMILES string of the molecule is COc1ccc(C23CC(C(N[S+]([O-])C(C)(C)C)C4CC4)(C2)C3)cc1. The molecule has 1 N–H and O–H groups in total. The van der Waals surface area contributed by atoms with Gasteiger partial charge in [-0.15, -0.1) is 4.72 Å². The van der Waals surface area contributed by atoms with E-state index in [0.717, 1.165) is 11.7 Å². The highest BCUT2D eigenvalue weighted by Crippen LogP contribution is 2.76. The molecule has 1 aromatic rings. The fourth-order valence-corrected chi connectivity index (χ4v) is 5.92. The van der Waals surface area contributed by atoms with Crippen LogP contribution >= 0.6 is 0 Å². The third-order valence-electron chi connectivity index (χ3n) is 6.32. The van der Waals surface area contributed by atoms with Gasteiger partial charge < -0.3 is 9.29 Å². The summed E-state index contributed by atoms with van der Waals surface area (Å²) in [5, 5.41) is 0. The summed E-state index contributed by atoms with van der Waals surface area (Å²) in [4.78, 5) is 0. The molecule has 2 bridgehead atoms. The predicted octanol–water partition coefficient (Wildman–Crippen LogP) is 3.95. The van der Waals surface area contributed by atoms with E-state index in [1.807, 2.05) is 0 Å². The summed E-state index contributed by atoms with van der Waals surface area (Å²) in [5.41, 5.74) is 2.23. The molecule has 3 nitrogen and oxygen atoms in total. The first kappa shape index (κ1) is 16.7. The van der Waals surface area contributed by atoms with E-state index in [2.05, 4.69) is 49.8 Å². The van der Waals surface area contributed by atoms with E-state index in [1.165, 1.54) is 37.7 Å². The molecular weight excluding hydrogens is 318 g/mol.